The van der Waals surface area contributed by atoms with Crippen LogP contribution in [-0.2, 0) is 6.54 Å². The van der Waals surface area contributed by atoms with Gasteiger partial charge in [0.05, 0.1) is 23.9 Å². The molecule has 1 aromatic heterocycles. The highest BCUT2D eigenvalue weighted by Crippen LogP contribution is 2.19. The van der Waals surface area contributed by atoms with E-state index < -0.39 is 11.9 Å². The number of nitrogens with one attached hydrogen (secondary N) is 1. The first-order chi connectivity index (χ1) is 9.06. The lowest BCUT2D eigenvalue weighted by molar-refractivity contribution is 0.172. The molecule has 0 fully saturated rings. The highest BCUT2D eigenvalue weighted by molar-refractivity contribution is 6.30. The number of nitrogens with zero attached hydrogens (tertiary/aromatic N) is 1. The fraction of sp³-hybridized carbons (Fsp3) is 0.308. The normalized spacial score (nSPS) is 12.6. The summed E-state index contributed by atoms with van der Waals surface area (Å²) in [5.41, 5.74) is 0.470. The number of aryl methyl sites for hydroxylation is 1. The number of hydrogen-bond acceptors (Lipinski definition) is 4. The second-order valence-electron chi connectivity index (χ2n) is 4.18. The average molecular weight is 285 g/mol. The van der Waals surface area contributed by atoms with Gasteiger partial charge in [0.2, 0.25) is 5.89 Å². The standard InChI is InChI=1S/C13H14ClFN2O2/c1-8-5-17-13(19-8)7-16-6-12(18)9-2-3-10(14)11(15)4-9/h2-5,12,16,18H,6-7H2,1H3. The molecule has 1 atom stereocenters. The van der Waals surface area contributed by atoms with Crippen LogP contribution < -0.4 is 5.32 Å². The molecule has 0 saturated heterocycles. The second kappa shape index (κ2) is 6.14. The summed E-state index contributed by atoms with van der Waals surface area (Å²) >= 11 is 5.58. The van der Waals surface area contributed by atoms with Crippen LogP contribution >= 0.6 is 11.6 Å². The van der Waals surface area contributed by atoms with Crippen molar-refractivity contribution in [1.29, 1.82) is 0 Å². The predicted molar refractivity (Wildman–Crippen MR) is 69.3 cm³/mol. The molecule has 2 aromatic rings. The first-order valence-electron chi connectivity index (χ1n) is 5.81. The molecule has 1 unspecified atom stereocenters. The van der Waals surface area contributed by atoms with Crippen molar-refractivity contribution in [3.8, 4) is 0 Å². The van der Waals surface area contributed by atoms with Crippen LogP contribution in [0.3, 0.4) is 0 Å². The Kier molecular flexibility index (Phi) is 4.52. The van der Waals surface area contributed by atoms with Crippen molar-refractivity contribution in [2.45, 2.75) is 19.6 Å². The average Bonchev–Trinajstić information content (AvgIpc) is 2.78. The summed E-state index contributed by atoms with van der Waals surface area (Å²) < 4.78 is 18.5. The third-order valence-electron chi connectivity index (χ3n) is 2.61. The van der Waals surface area contributed by atoms with E-state index in [0.29, 0.717) is 18.0 Å². The van der Waals surface area contributed by atoms with Gasteiger partial charge in [-0.3, -0.25) is 0 Å². The minimum atomic E-state index is -0.817. The Labute approximate surface area is 115 Å². The molecule has 0 bridgehead atoms. The summed E-state index contributed by atoms with van der Waals surface area (Å²) in [5, 5.41) is 12.9. The Hall–Kier alpha value is -1.43. The van der Waals surface area contributed by atoms with E-state index in [1.807, 2.05) is 6.92 Å². The molecular weight excluding hydrogens is 271 g/mol. The summed E-state index contributed by atoms with van der Waals surface area (Å²) in [7, 11) is 0. The fourth-order valence-electron chi connectivity index (χ4n) is 1.64. The van der Waals surface area contributed by atoms with Crippen LogP contribution in [0, 0.1) is 12.7 Å². The van der Waals surface area contributed by atoms with Crippen molar-refractivity contribution >= 4 is 11.6 Å². The van der Waals surface area contributed by atoms with Crippen LogP contribution in [0.1, 0.15) is 23.3 Å². The first-order valence-corrected chi connectivity index (χ1v) is 6.19. The van der Waals surface area contributed by atoms with Crippen molar-refractivity contribution in [3.63, 3.8) is 0 Å². The molecule has 1 aromatic carbocycles. The van der Waals surface area contributed by atoms with Gasteiger partial charge in [0.15, 0.2) is 0 Å². The van der Waals surface area contributed by atoms with Crippen molar-refractivity contribution in [1.82, 2.24) is 10.3 Å². The molecule has 0 aliphatic carbocycles. The molecule has 1 heterocycles. The quantitative estimate of drug-likeness (QED) is 0.886. The summed E-state index contributed by atoms with van der Waals surface area (Å²) in [6.45, 7) is 2.48. The molecule has 102 valence electrons. The van der Waals surface area contributed by atoms with Crippen LogP contribution in [0.15, 0.2) is 28.8 Å². The zero-order chi connectivity index (χ0) is 13.8. The molecule has 0 spiro atoms. The van der Waals surface area contributed by atoms with Gasteiger partial charge in [-0.1, -0.05) is 17.7 Å². The molecule has 0 aliphatic heterocycles. The highest BCUT2D eigenvalue weighted by Gasteiger charge is 2.10. The van der Waals surface area contributed by atoms with Gasteiger partial charge in [0.25, 0.3) is 0 Å². The number of halogens is 2. The molecule has 6 heteroatoms. The van der Waals surface area contributed by atoms with E-state index in [1.54, 1.807) is 12.3 Å². The van der Waals surface area contributed by atoms with Crippen LogP contribution in [-0.4, -0.2) is 16.6 Å². The van der Waals surface area contributed by atoms with E-state index in [0.717, 1.165) is 5.76 Å². The molecule has 0 aliphatic rings. The van der Waals surface area contributed by atoms with Gasteiger partial charge in [-0.15, -0.1) is 0 Å². The minimum absolute atomic E-state index is 0.0409. The van der Waals surface area contributed by atoms with E-state index in [-0.39, 0.29) is 11.6 Å². The van der Waals surface area contributed by atoms with Crippen molar-refractivity contribution in [2.75, 3.05) is 6.54 Å². The number of oxazole rings is 1. The second-order valence-corrected chi connectivity index (χ2v) is 4.59. The lowest BCUT2D eigenvalue weighted by atomic mass is 10.1. The minimum Gasteiger partial charge on any atom is -0.445 e. The number of aromatic nitrogens is 1. The number of hydrogen-bond donors (Lipinski definition) is 2. The van der Waals surface area contributed by atoms with Gasteiger partial charge < -0.3 is 14.8 Å². The van der Waals surface area contributed by atoms with Crippen molar-refractivity contribution in [2.24, 2.45) is 0 Å². The lowest BCUT2D eigenvalue weighted by Crippen LogP contribution is -2.21. The summed E-state index contributed by atoms with van der Waals surface area (Å²) in [6, 6.07) is 4.24. The maximum atomic E-state index is 13.2. The summed E-state index contributed by atoms with van der Waals surface area (Å²) in [6.07, 6.45) is 0.810. The largest absolute Gasteiger partial charge is 0.445 e. The van der Waals surface area contributed by atoms with Crippen LogP contribution in [0.4, 0.5) is 4.39 Å². The van der Waals surface area contributed by atoms with Crippen LogP contribution in [0.25, 0.3) is 0 Å². The molecule has 19 heavy (non-hydrogen) atoms. The van der Waals surface area contributed by atoms with Gasteiger partial charge in [-0.2, -0.15) is 0 Å². The number of rotatable bonds is 5. The Bertz CT molecular complexity index is 559. The van der Waals surface area contributed by atoms with E-state index in [9.17, 15) is 9.50 Å². The zero-order valence-corrected chi connectivity index (χ0v) is 11.1. The topological polar surface area (TPSA) is 58.3 Å². The Morgan fingerprint density at radius 1 is 1.53 bits per heavy atom. The van der Waals surface area contributed by atoms with E-state index in [2.05, 4.69) is 10.3 Å². The highest BCUT2D eigenvalue weighted by atomic mass is 35.5. The molecule has 0 saturated carbocycles. The zero-order valence-electron chi connectivity index (χ0n) is 10.4. The van der Waals surface area contributed by atoms with Gasteiger partial charge in [0, 0.05) is 6.54 Å². The summed E-state index contributed by atoms with van der Waals surface area (Å²) in [5.74, 6) is 0.741. The van der Waals surface area contributed by atoms with Gasteiger partial charge in [0.1, 0.15) is 11.6 Å². The van der Waals surface area contributed by atoms with Gasteiger partial charge in [-0.05, 0) is 24.6 Å². The maximum Gasteiger partial charge on any atom is 0.208 e. The van der Waals surface area contributed by atoms with Crippen LogP contribution in [0.2, 0.25) is 5.02 Å². The Balaban J connectivity index is 1.86. The smallest absolute Gasteiger partial charge is 0.208 e. The van der Waals surface area contributed by atoms with Crippen molar-refractivity contribution in [3.05, 3.63) is 52.5 Å². The van der Waals surface area contributed by atoms with Crippen LogP contribution in [0.5, 0.6) is 0 Å². The number of aliphatic hydroxyl groups excluding tert-OH is 1. The first kappa shape index (κ1) is 14.0. The molecule has 4 nitrogen and oxygen atoms in total. The predicted octanol–water partition coefficient (Wildman–Crippen LogP) is 2.60. The molecule has 0 radical (unpaired) electrons. The monoisotopic (exact) mass is 284 g/mol. The third-order valence-corrected chi connectivity index (χ3v) is 2.92. The van der Waals surface area contributed by atoms with Gasteiger partial charge >= 0.3 is 0 Å². The maximum absolute atomic E-state index is 13.2. The molecule has 2 rings (SSSR count). The van der Waals surface area contributed by atoms with Gasteiger partial charge in [-0.25, -0.2) is 9.37 Å². The Morgan fingerprint density at radius 2 is 2.32 bits per heavy atom. The molecule has 2 N–H and O–H groups in total. The third kappa shape index (κ3) is 3.76. The number of aliphatic hydroxyl groups is 1. The fourth-order valence-corrected chi connectivity index (χ4v) is 1.75. The molecule has 0 amide bonds. The number of benzene rings is 1. The van der Waals surface area contributed by atoms with E-state index in [1.165, 1.54) is 12.1 Å². The van der Waals surface area contributed by atoms with E-state index in [4.69, 9.17) is 16.0 Å². The lowest BCUT2D eigenvalue weighted by Gasteiger charge is -2.11. The SMILES string of the molecule is Cc1cnc(CNCC(O)c2ccc(Cl)c(F)c2)o1. The van der Waals surface area contributed by atoms with E-state index >= 15 is 0 Å². The van der Waals surface area contributed by atoms with Crippen molar-refractivity contribution < 1.29 is 13.9 Å². The Morgan fingerprint density at radius 3 is 2.95 bits per heavy atom. The summed E-state index contributed by atoms with van der Waals surface area (Å²) in [4.78, 5) is 4.02. The molecular formula is C13H14ClFN2O2.